The summed E-state index contributed by atoms with van der Waals surface area (Å²) < 4.78 is 1.73. The van der Waals surface area contributed by atoms with E-state index in [0.717, 1.165) is 10.9 Å². The van der Waals surface area contributed by atoms with Gasteiger partial charge in [-0.2, -0.15) is 0 Å². The van der Waals surface area contributed by atoms with E-state index in [4.69, 9.17) is 5.11 Å². The smallest absolute Gasteiger partial charge is 0.323 e. The van der Waals surface area contributed by atoms with Gasteiger partial charge in [0.05, 0.1) is 0 Å². The van der Waals surface area contributed by atoms with E-state index in [2.05, 4.69) is 0 Å². The predicted octanol–water partition coefficient (Wildman–Crippen LogP) is -0.0157. The van der Waals surface area contributed by atoms with Crippen LogP contribution in [0.15, 0.2) is 30.5 Å². The molecule has 4 heteroatoms. The van der Waals surface area contributed by atoms with E-state index in [-0.39, 0.29) is 6.54 Å². The second kappa shape index (κ2) is 3.22. The Morgan fingerprint density at radius 2 is 2.21 bits per heavy atom. The van der Waals surface area contributed by atoms with Gasteiger partial charge in [0.1, 0.15) is 14.4 Å². The summed E-state index contributed by atoms with van der Waals surface area (Å²) in [6.07, 6.45) is 1.80. The van der Waals surface area contributed by atoms with E-state index in [0.29, 0.717) is 0 Å². The Balaban J connectivity index is 2.52. The zero-order valence-corrected chi connectivity index (χ0v) is 7.90. The summed E-state index contributed by atoms with van der Waals surface area (Å²) in [4.78, 5) is 10.6. The number of aromatic nitrogens is 1. The Bertz CT molecular complexity index is 490. The fourth-order valence-electron chi connectivity index (χ4n) is 1.60. The highest BCUT2D eigenvalue weighted by Crippen LogP contribution is 2.13. The molecule has 0 aliphatic rings. The van der Waals surface area contributed by atoms with Crippen LogP contribution in [-0.4, -0.2) is 23.5 Å². The molecule has 0 atom stereocenters. The van der Waals surface area contributed by atoms with Gasteiger partial charge in [-0.15, -0.1) is 0 Å². The monoisotopic (exact) mass is 187 g/mol. The van der Waals surface area contributed by atoms with E-state index in [1.165, 1.54) is 5.46 Å². The van der Waals surface area contributed by atoms with Crippen LogP contribution in [0, 0.1) is 0 Å². The first-order chi connectivity index (χ1) is 6.66. The van der Waals surface area contributed by atoms with Gasteiger partial charge in [0, 0.05) is 11.7 Å². The maximum atomic E-state index is 10.6. The third-order valence-electron chi connectivity index (χ3n) is 2.23. The molecule has 0 saturated heterocycles. The fourth-order valence-corrected chi connectivity index (χ4v) is 1.60. The SMILES string of the molecule is Bc1ccc2c(ccn2CC(=O)O)c1. The quantitative estimate of drug-likeness (QED) is 0.671. The van der Waals surface area contributed by atoms with Crippen LogP contribution < -0.4 is 5.46 Å². The minimum Gasteiger partial charge on any atom is -0.480 e. The molecule has 3 nitrogen and oxygen atoms in total. The zero-order chi connectivity index (χ0) is 10.1. The summed E-state index contributed by atoms with van der Waals surface area (Å²) >= 11 is 0. The molecule has 0 bridgehead atoms. The first-order valence-corrected chi connectivity index (χ1v) is 4.44. The molecule has 0 amide bonds. The van der Waals surface area contributed by atoms with Crippen LogP contribution in [0.5, 0.6) is 0 Å². The van der Waals surface area contributed by atoms with Gasteiger partial charge in [0.15, 0.2) is 0 Å². The third-order valence-corrected chi connectivity index (χ3v) is 2.23. The maximum absolute atomic E-state index is 10.6. The molecule has 0 radical (unpaired) electrons. The number of hydrogen-bond acceptors (Lipinski definition) is 1. The summed E-state index contributed by atoms with van der Waals surface area (Å²) in [5.41, 5.74) is 2.16. The molecule has 2 aromatic rings. The van der Waals surface area contributed by atoms with Crippen LogP contribution in [0.2, 0.25) is 0 Å². The van der Waals surface area contributed by atoms with E-state index >= 15 is 0 Å². The first-order valence-electron chi connectivity index (χ1n) is 4.44. The fraction of sp³-hybridized carbons (Fsp3) is 0.100. The molecule has 0 unspecified atom stereocenters. The lowest BCUT2D eigenvalue weighted by Gasteiger charge is -2.01. The van der Waals surface area contributed by atoms with Crippen LogP contribution in [0.3, 0.4) is 0 Å². The number of carboxylic acid groups (broad SMARTS) is 1. The van der Waals surface area contributed by atoms with Crippen molar-refractivity contribution in [2.75, 3.05) is 0 Å². The number of fused-ring (bicyclic) bond motifs is 1. The lowest BCUT2D eigenvalue weighted by molar-refractivity contribution is -0.137. The van der Waals surface area contributed by atoms with Gasteiger partial charge in [0.25, 0.3) is 0 Å². The van der Waals surface area contributed by atoms with Crippen molar-refractivity contribution in [3.63, 3.8) is 0 Å². The Labute approximate surface area is 82.4 Å². The largest absolute Gasteiger partial charge is 0.480 e. The van der Waals surface area contributed by atoms with Gasteiger partial charge in [-0.25, -0.2) is 0 Å². The van der Waals surface area contributed by atoms with E-state index in [1.807, 2.05) is 32.1 Å². The molecule has 1 aromatic carbocycles. The van der Waals surface area contributed by atoms with Crippen molar-refractivity contribution < 1.29 is 9.90 Å². The maximum Gasteiger partial charge on any atom is 0.323 e. The Morgan fingerprint density at radius 1 is 1.43 bits per heavy atom. The molecule has 14 heavy (non-hydrogen) atoms. The third kappa shape index (κ3) is 1.51. The highest BCUT2D eigenvalue weighted by Gasteiger charge is 2.03. The van der Waals surface area contributed by atoms with E-state index < -0.39 is 5.97 Å². The van der Waals surface area contributed by atoms with Crippen LogP contribution in [-0.2, 0) is 11.3 Å². The van der Waals surface area contributed by atoms with Gasteiger partial charge in [0.2, 0.25) is 0 Å². The van der Waals surface area contributed by atoms with Gasteiger partial charge in [-0.3, -0.25) is 4.79 Å². The van der Waals surface area contributed by atoms with Crippen molar-refractivity contribution in [3.8, 4) is 0 Å². The van der Waals surface area contributed by atoms with Crippen molar-refractivity contribution in [2.24, 2.45) is 0 Å². The molecular formula is C10H10BNO2. The minimum atomic E-state index is -0.817. The zero-order valence-electron chi connectivity index (χ0n) is 7.90. The number of rotatable bonds is 2. The van der Waals surface area contributed by atoms with Gasteiger partial charge in [-0.05, 0) is 17.5 Å². The molecule has 0 aliphatic carbocycles. The Hall–Kier alpha value is -1.71. The number of aliphatic carboxylic acids is 1. The van der Waals surface area contributed by atoms with Crippen molar-refractivity contribution in [3.05, 3.63) is 30.5 Å². The second-order valence-corrected chi connectivity index (χ2v) is 3.40. The summed E-state index contributed by atoms with van der Waals surface area (Å²) in [7, 11) is 2.02. The molecular weight excluding hydrogens is 177 g/mol. The number of benzene rings is 1. The van der Waals surface area contributed by atoms with Crippen LogP contribution in [0.1, 0.15) is 0 Å². The summed E-state index contributed by atoms with van der Waals surface area (Å²) in [6.45, 7) is 0.0204. The van der Waals surface area contributed by atoms with Crippen LogP contribution >= 0.6 is 0 Å². The van der Waals surface area contributed by atoms with Crippen molar-refractivity contribution in [1.29, 1.82) is 0 Å². The second-order valence-electron chi connectivity index (χ2n) is 3.40. The van der Waals surface area contributed by atoms with Gasteiger partial charge in [-0.1, -0.05) is 17.6 Å². The number of hydrogen-bond donors (Lipinski definition) is 1. The lowest BCUT2D eigenvalue weighted by atomic mass is 9.95. The highest BCUT2D eigenvalue weighted by molar-refractivity contribution is 6.33. The lowest BCUT2D eigenvalue weighted by Crippen LogP contribution is -2.07. The van der Waals surface area contributed by atoms with Crippen molar-refractivity contribution >= 4 is 30.2 Å². The molecule has 0 aliphatic heterocycles. The standard InChI is InChI=1S/C10H10BNO2/c11-8-1-2-9-7(5-8)3-4-12(9)6-10(13)14/h1-5H,6,11H2,(H,13,14). The molecule has 1 aromatic heterocycles. The van der Waals surface area contributed by atoms with Gasteiger partial charge >= 0.3 is 5.97 Å². The number of carbonyl (C=O) groups is 1. The predicted molar refractivity (Wildman–Crippen MR) is 57.8 cm³/mol. The number of carboxylic acids is 1. The molecule has 1 heterocycles. The molecule has 0 saturated carbocycles. The summed E-state index contributed by atoms with van der Waals surface area (Å²) in [5, 5.41) is 9.77. The minimum absolute atomic E-state index is 0.0204. The number of nitrogens with zero attached hydrogens (tertiary/aromatic N) is 1. The van der Waals surface area contributed by atoms with Crippen LogP contribution in [0.25, 0.3) is 10.9 Å². The average molecular weight is 187 g/mol. The van der Waals surface area contributed by atoms with Crippen molar-refractivity contribution in [1.82, 2.24) is 4.57 Å². The molecule has 2 rings (SSSR count). The van der Waals surface area contributed by atoms with Crippen LogP contribution in [0.4, 0.5) is 0 Å². The van der Waals surface area contributed by atoms with E-state index in [1.54, 1.807) is 10.8 Å². The van der Waals surface area contributed by atoms with E-state index in [9.17, 15) is 4.79 Å². The molecule has 1 N–H and O–H groups in total. The summed E-state index contributed by atoms with van der Waals surface area (Å²) in [6, 6.07) is 7.92. The topological polar surface area (TPSA) is 42.2 Å². The van der Waals surface area contributed by atoms with Crippen molar-refractivity contribution in [2.45, 2.75) is 6.54 Å². The summed E-state index contributed by atoms with van der Waals surface area (Å²) in [5.74, 6) is -0.817. The van der Waals surface area contributed by atoms with Gasteiger partial charge < -0.3 is 9.67 Å². The molecule has 0 spiro atoms. The molecule has 0 fully saturated rings. The average Bonchev–Trinajstić information content (AvgIpc) is 2.47. The highest BCUT2D eigenvalue weighted by atomic mass is 16.4. The molecule has 70 valence electrons. The Kier molecular flexibility index (Phi) is 2.04. The Morgan fingerprint density at radius 3 is 2.93 bits per heavy atom. The normalized spacial score (nSPS) is 10.6. The first kappa shape index (κ1) is 8.87.